The third-order valence-corrected chi connectivity index (χ3v) is 4.45. The van der Waals surface area contributed by atoms with Crippen LogP contribution in [0.25, 0.3) is 0 Å². The zero-order chi connectivity index (χ0) is 11.1. The lowest BCUT2D eigenvalue weighted by atomic mass is 10.2. The van der Waals surface area contributed by atoms with Gasteiger partial charge in [0, 0.05) is 23.3 Å². The normalized spacial score (nSPS) is 14.7. The minimum Gasteiger partial charge on any atom is -0.369 e. The highest BCUT2D eigenvalue weighted by atomic mass is 33.1. The van der Waals surface area contributed by atoms with Crippen LogP contribution >= 0.6 is 21.6 Å². The van der Waals surface area contributed by atoms with Crippen LogP contribution in [0.1, 0.15) is 13.8 Å². The molecule has 0 saturated heterocycles. The highest BCUT2D eigenvalue weighted by Gasteiger charge is 2.11. The Balaban J connectivity index is 3.47. The summed E-state index contributed by atoms with van der Waals surface area (Å²) < 4.78 is 0. The molecule has 0 aliphatic carbocycles. The lowest BCUT2D eigenvalue weighted by Gasteiger charge is -2.08. The van der Waals surface area contributed by atoms with Gasteiger partial charge in [-0.15, -0.1) is 0 Å². The van der Waals surface area contributed by atoms with Crippen molar-refractivity contribution in [1.29, 1.82) is 0 Å². The molecule has 0 aromatic carbocycles. The van der Waals surface area contributed by atoms with Crippen LogP contribution < -0.4 is 11.5 Å². The topological polar surface area (TPSA) is 86.2 Å². The van der Waals surface area contributed by atoms with Crippen molar-refractivity contribution in [2.24, 2.45) is 23.3 Å². The van der Waals surface area contributed by atoms with E-state index in [1.165, 1.54) is 0 Å². The van der Waals surface area contributed by atoms with Gasteiger partial charge >= 0.3 is 0 Å². The average Bonchev–Trinajstić information content (AvgIpc) is 2.11. The van der Waals surface area contributed by atoms with E-state index in [1.807, 2.05) is 0 Å². The molecule has 0 spiro atoms. The highest BCUT2D eigenvalue weighted by molar-refractivity contribution is 8.76. The van der Waals surface area contributed by atoms with Gasteiger partial charge in [-0.3, -0.25) is 9.59 Å². The minimum absolute atomic E-state index is 0.128. The Hall–Kier alpha value is -0.360. The van der Waals surface area contributed by atoms with Crippen LogP contribution in [0, 0.1) is 11.8 Å². The number of rotatable bonds is 7. The molecule has 0 aromatic rings. The number of carbonyl (C=O) groups excluding carboxylic acids is 2. The van der Waals surface area contributed by atoms with E-state index < -0.39 is 0 Å². The first-order valence-corrected chi connectivity index (χ1v) is 6.77. The van der Waals surface area contributed by atoms with Crippen LogP contribution in [-0.2, 0) is 9.59 Å². The summed E-state index contributed by atoms with van der Waals surface area (Å²) in [7, 11) is 3.09. The van der Waals surface area contributed by atoms with Gasteiger partial charge in [0.25, 0.3) is 0 Å². The van der Waals surface area contributed by atoms with Gasteiger partial charge in [-0.2, -0.15) is 0 Å². The Kier molecular flexibility index (Phi) is 6.82. The predicted molar refractivity (Wildman–Crippen MR) is 61.6 cm³/mol. The van der Waals surface area contributed by atoms with Gasteiger partial charge < -0.3 is 11.5 Å². The summed E-state index contributed by atoms with van der Waals surface area (Å²) in [5.41, 5.74) is 10.2. The summed E-state index contributed by atoms with van der Waals surface area (Å²) in [6.45, 7) is 3.57. The van der Waals surface area contributed by atoms with E-state index in [-0.39, 0.29) is 23.7 Å². The van der Waals surface area contributed by atoms with Crippen molar-refractivity contribution in [3.8, 4) is 0 Å². The number of hydrogen-bond donors (Lipinski definition) is 2. The van der Waals surface area contributed by atoms with E-state index in [1.54, 1.807) is 35.4 Å². The average molecular weight is 236 g/mol. The Bertz CT molecular complexity index is 190. The molecule has 14 heavy (non-hydrogen) atoms. The number of carbonyl (C=O) groups is 2. The first-order chi connectivity index (χ1) is 6.45. The molecule has 0 radical (unpaired) electrons. The van der Waals surface area contributed by atoms with Gasteiger partial charge in [-0.25, -0.2) is 0 Å². The van der Waals surface area contributed by atoms with Crippen LogP contribution in [0.3, 0.4) is 0 Å². The fraction of sp³-hybridized carbons (Fsp3) is 0.750. The molecule has 2 atom stereocenters. The monoisotopic (exact) mass is 236 g/mol. The minimum atomic E-state index is -0.291. The second kappa shape index (κ2) is 7.00. The van der Waals surface area contributed by atoms with E-state index in [9.17, 15) is 9.59 Å². The van der Waals surface area contributed by atoms with E-state index in [4.69, 9.17) is 11.5 Å². The van der Waals surface area contributed by atoms with Gasteiger partial charge in [0.05, 0.1) is 0 Å². The lowest BCUT2D eigenvalue weighted by Crippen LogP contribution is -2.23. The lowest BCUT2D eigenvalue weighted by molar-refractivity contribution is -0.121. The second-order valence-electron chi connectivity index (χ2n) is 3.18. The maximum absolute atomic E-state index is 10.7. The molecule has 0 aliphatic heterocycles. The van der Waals surface area contributed by atoms with Gasteiger partial charge in [0.2, 0.25) is 11.8 Å². The molecule has 6 heteroatoms. The standard InChI is InChI=1S/C8H16N2O2S2/c1-5(7(9)11)3-13-14-4-6(2)8(10)12/h5-6H,3-4H2,1-2H3,(H2,9,11)(H2,10,12). The largest absolute Gasteiger partial charge is 0.369 e. The Labute approximate surface area is 91.9 Å². The quantitative estimate of drug-likeness (QED) is 0.501. The van der Waals surface area contributed by atoms with Crippen molar-refractivity contribution in [1.82, 2.24) is 0 Å². The van der Waals surface area contributed by atoms with E-state index in [0.29, 0.717) is 11.5 Å². The van der Waals surface area contributed by atoms with Crippen molar-refractivity contribution >= 4 is 33.4 Å². The summed E-state index contributed by atoms with van der Waals surface area (Å²) >= 11 is 0. The first-order valence-electron chi connectivity index (χ1n) is 4.28. The summed E-state index contributed by atoms with van der Waals surface area (Å²) in [4.78, 5) is 21.3. The van der Waals surface area contributed by atoms with Gasteiger partial charge in [0.15, 0.2) is 0 Å². The predicted octanol–water partition coefficient (Wildman–Crippen LogP) is 0.611. The Morgan fingerprint density at radius 1 is 1.00 bits per heavy atom. The summed E-state index contributed by atoms with van der Waals surface area (Å²) in [6.07, 6.45) is 0. The summed E-state index contributed by atoms with van der Waals surface area (Å²) in [6, 6.07) is 0. The van der Waals surface area contributed by atoms with Gasteiger partial charge in [0.1, 0.15) is 0 Å². The third kappa shape index (κ3) is 6.15. The first kappa shape index (κ1) is 13.6. The molecular weight excluding hydrogens is 220 g/mol. The molecule has 4 N–H and O–H groups in total. The van der Waals surface area contributed by atoms with Crippen LogP contribution in [0.4, 0.5) is 0 Å². The molecule has 4 nitrogen and oxygen atoms in total. The highest BCUT2D eigenvalue weighted by Crippen LogP contribution is 2.25. The molecule has 2 amide bonds. The van der Waals surface area contributed by atoms with Crippen molar-refractivity contribution in [3.05, 3.63) is 0 Å². The summed E-state index contributed by atoms with van der Waals surface area (Å²) in [5.74, 6) is 0.506. The third-order valence-electron chi connectivity index (χ3n) is 1.69. The molecule has 0 aromatic heterocycles. The van der Waals surface area contributed by atoms with Crippen LogP contribution in [0.15, 0.2) is 0 Å². The molecule has 0 fully saturated rings. The fourth-order valence-corrected chi connectivity index (χ4v) is 3.20. The number of hydrogen-bond acceptors (Lipinski definition) is 4. The number of amides is 2. The van der Waals surface area contributed by atoms with Crippen LogP contribution in [-0.4, -0.2) is 23.3 Å². The van der Waals surface area contributed by atoms with E-state index in [2.05, 4.69) is 0 Å². The molecule has 0 aliphatic rings. The molecule has 0 rings (SSSR count). The SMILES string of the molecule is CC(CSSCC(C)C(N)=O)C(N)=O. The van der Waals surface area contributed by atoms with E-state index in [0.717, 1.165) is 0 Å². The summed E-state index contributed by atoms with van der Waals surface area (Å²) in [5, 5.41) is 0. The van der Waals surface area contributed by atoms with Crippen molar-refractivity contribution < 1.29 is 9.59 Å². The molecule has 0 heterocycles. The fourth-order valence-electron chi connectivity index (χ4n) is 0.465. The zero-order valence-electron chi connectivity index (χ0n) is 8.36. The molecule has 2 unspecified atom stereocenters. The zero-order valence-corrected chi connectivity index (χ0v) is 9.99. The van der Waals surface area contributed by atoms with Gasteiger partial charge in [-0.05, 0) is 0 Å². The van der Waals surface area contributed by atoms with Crippen LogP contribution in [0.2, 0.25) is 0 Å². The molecule has 0 bridgehead atoms. The van der Waals surface area contributed by atoms with E-state index >= 15 is 0 Å². The molecular formula is C8H16N2O2S2. The van der Waals surface area contributed by atoms with Crippen LogP contribution in [0.5, 0.6) is 0 Å². The Morgan fingerprint density at radius 3 is 1.50 bits per heavy atom. The maximum atomic E-state index is 10.7. The maximum Gasteiger partial charge on any atom is 0.221 e. The number of primary amides is 2. The smallest absolute Gasteiger partial charge is 0.221 e. The van der Waals surface area contributed by atoms with Crippen molar-refractivity contribution in [3.63, 3.8) is 0 Å². The van der Waals surface area contributed by atoms with Gasteiger partial charge in [-0.1, -0.05) is 35.4 Å². The Morgan fingerprint density at radius 2 is 1.29 bits per heavy atom. The van der Waals surface area contributed by atoms with Crippen molar-refractivity contribution in [2.45, 2.75) is 13.8 Å². The molecule has 0 saturated carbocycles. The molecule has 82 valence electrons. The number of nitrogens with two attached hydrogens (primary N) is 2. The van der Waals surface area contributed by atoms with Crippen molar-refractivity contribution in [2.75, 3.05) is 11.5 Å². The second-order valence-corrected chi connectivity index (χ2v) is 5.73.